The van der Waals surface area contributed by atoms with E-state index in [2.05, 4.69) is 5.32 Å². The van der Waals surface area contributed by atoms with Crippen molar-refractivity contribution in [1.82, 2.24) is 4.90 Å². The van der Waals surface area contributed by atoms with E-state index in [9.17, 15) is 19.7 Å². The first-order chi connectivity index (χ1) is 10.9. The Labute approximate surface area is 132 Å². The number of rotatable bonds is 6. The lowest BCUT2D eigenvalue weighted by Crippen LogP contribution is -2.30. The summed E-state index contributed by atoms with van der Waals surface area (Å²) in [4.78, 5) is 34.9. The van der Waals surface area contributed by atoms with E-state index in [1.165, 1.54) is 31.2 Å². The van der Waals surface area contributed by atoms with Gasteiger partial charge in [-0.2, -0.15) is 5.26 Å². The predicted octanol–water partition coefficient (Wildman–Crippen LogP) is 0.748. The van der Waals surface area contributed by atoms with Crippen LogP contribution in [-0.4, -0.2) is 34.7 Å². The quantitative estimate of drug-likeness (QED) is 0.343. The zero-order chi connectivity index (χ0) is 17.4. The number of hydrogen-bond acceptors (Lipinski definition) is 6. The summed E-state index contributed by atoms with van der Waals surface area (Å²) in [6.45, 7) is 1.56. The monoisotopic (exact) mass is 317 g/mol. The molecule has 0 aliphatic heterocycles. The highest BCUT2D eigenvalue weighted by molar-refractivity contribution is 6.07. The highest BCUT2D eigenvalue weighted by Crippen LogP contribution is 2.23. The van der Waals surface area contributed by atoms with E-state index >= 15 is 0 Å². The molecule has 1 rings (SSSR count). The van der Waals surface area contributed by atoms with Crippen molar-refractivity contribution in [3.05, 3.63) is 46.2 Å². The lowest BCUT2D eigenvalue weighted by molar-refractivity contribution is -0.383. The van der Waals surface area contributed by atoms with Crippen molar-refractivity contribution in [2.24, 2.45) is 5.73 Å². The zero-order valence-corrected chi connectivity index (χ0v) is 12.4. The van der Waals surface area contributed by atoms with Crippen molar-refractivity contribution in [2.45, 2.75) is 6.92 Å². The summed E-state index contributed by atoms with van der Waals surface area (Å²) in [5, 5.41) is 22.3. The van der Waals surface area contributed by atoms with Crippen LogP contribution in [0.1, 0.15) is 6.92 Å². The summed E-state index contributed by atoms with van der Waals surface area (Å²) in [6.07, 6.45) is 1.07. The van der Waals surface area contributed by atoms with Gasteiger partial charge in [0.15, 0.2) is 0 Å². The number of carbonyl (C=O) groups is 2. The summed E-state index contributed by atoms with van der Waals surface area (Å²) in [5.41, 5.74) is 4.64. The Hall–Kier alpha value is -3.25. The third-order valence-electron chi connectivity index (χ3n) is 2.77. The molecule has 23 heavy (non-hydrogen) atoms. The van der Waals surface area contributed by atoms with Gasteiger partial charge in [-0.1, -0.05) is 12.1 Å². The number of nitrogens with two attached hydrogens (primary N) is 1. The van der Waals surface area contributed by atoms with Crippen LogP contribution in [0.5, 0.6) is 0 Å². The second-order valence-corrected chi connectivity index (χ2v) is 4.38. The number of nitrogens with zero attached hydrogens (tertiary/aromatic N) is 3. The fourth-order valence-corrected chi connectivity index (χ4v) is 1.67. The van der Waals surface area contributed by atoms with Crippen molar-refractivity contribution in [2.75, 3.05) is 18.4 Å². The molecule has 0 aliphatic carbocycles. The molecule has 0 heterocycles. The van der Waals surface area contributed by atoms with Crippen molar-refractivity contribution in [3.8, 4) is 6.07 Å². The van der Waals surface area contributed by atoms with E-state index in [-0.39, 0.29) is 35.9 Å². The van der Waals surface area contributed by atoms with Crippen LogP contribution in [-0.2, 0) is 9.59 Å². The lowest BCUT2D eigenvalue weighted by Gasteiger charge is -2.15. The average Bonchev–Trinajstić information content (AvgIpc) is 2.51. The van der Waals surface area contributed by atoms with Crippen LogP contribution in [0.25, 0.3) is 0 Å². The third kappa shape index (κ3) is 4.90. The van der Waals surface area contributed by atoms with E-state index in [1.54, 1.807) is 6.07 Å². The Morgan fingerprint density at radius 2 is 2.13 bits per heavy atom. The molecule has 0 unspecified atom stereocenters. The topological polar surface area (TPSA) is 142 Å². The molecule has 0 radical (unpaired) electrons. The van der Waals surface area contributed by atoms with Crippen LogP contribution < -0.4 is 11.1 Å². The Morgan fingerprint density at radius 3 is 2.65 bits per heavy atom. The fraction of sp³-hybridized carbons (Fsp3) is 0.214. The molecule has 9 nitrogen and oxygen atoms in total. The second kappa shape index (κ2) is 8.26. The molecular weight excluding hydrogens is 302 g/mol. The molecule has 0 saturated carbocycles. The van der Waals surface area contributed by atoms with Crippen molar-refractivity contribution in [3.63, 3.8) is 0 Å². The zero-order valence-electron chi connectivity index (χ0n) is 12.4. The summed E-state index contributed by atoms with van der Waals surface area (Å²) in [5.74, 6) is -1.24. The van der Waals surface area contributed by atoms with Gasteiger partial charge in [-0.25, -0.2) is 0 Å². The van der Waals surface area contributed by atoms with E-state index in [0.717, 1.165) is 11.1 Å². The number of carbonyl (C=O) groups excluding carboxylic acids is 2. The van der Waals surface area contributed by atoms with E-state index in [4.69, 9.17) is 11.0 Å². The molecule has 3 N–H and O–H groups in total. The van der Waals surface area contributed by atoms with Gasteiger partial charge in [0.1, 0.15) is 17.3 Å². The number of anilines is 1. The van der Waals surface area contributed by atoms with Crippen LogP contribution in [0.15, 0.2) is 36.0 Å². The van der Waals surface area contributed by atoms with Crippen molar-refractivity contribution < 1.29 is 14.5 Å². The Kier molecular flexibility index (Phi) is 6.39. The molecule has 0 saturated heterocycles. The van der Waals surface area contributed by atoms with Crippen LogP contribution in [0.4, 0.5) is 11.4 Å². The maximum atomic E-state index is 12.1. The van der Waals surface area contributed by atoms with Crippen LogP contribution in [0, 0.1) is 21.4 Å². The molecular formula is C14H15N5O4. The highest BCUT2D eigenvalue weighted by Gasteiger charge is 2.18. The molecule has 1 aromatic carbocycles. The Balaban J connectivity index is 3.05. The maximum Gasteiger partial charge on any atom is 0.292 e. The number of hydrogen-bond donors (Lipinski definition) is 2. The lowest BCUT2D eigenvalue weighted by atomic mass is 10.2. The van der Waals surface area contributed by atoms with Gasteiger partial charge in [-0.15, -0.1) is 0 Å². The van der Waals surface area contributed by atoms with E-state index in [0.29, 0.717) is 0 Å². The number of para-hydroxylation sites is 2. The van der Waals surface area contributed by atoms with Gasteiger partial charge in [0.25, 0.3) is 11.6 Å². The van der Waals surface area contributed by atoms with E-state index < -0.39 is 10.8 Å². The Bertz CT molecular complexity index is 693. The third-order valence-corrected chi connectivity index (χ3v) is 2.77. The summed E-state index contributed by atoms with van der Waals surface area (Å²) < 4.78 is 0. The molecule has 0 atom stereocenters. The molecule has 0 bridgehead atoms. The first-order valence-electron chi connectivity index (χ1n) is 6.54. The summed E-state index contributed by atoms with van der Waals surface area (Å²) in [7, 11) is 0. The first kappa shape index (κ1) is 17.8. The standard InChI is InChI=1S/C14H15N5O4/c1-10(20)18(7-6-15)9-11(8-16)14(21)17-12-4-2-3-5-13(12)19(22)23/h2-5,9H,6-7,15H2,1H3,(H,17,21)/b11-9-. The number of amides is 2. The molecule has 0 fully saturated rings. The SMILES string of the molecule is CC(=O)N(/C=C(/C#N)C(=O)Nc1ccccc1[N+](=O)[O-])CCN. The van der Waals surface area contributed by atoms with Gasteiger partial charge in [-0.3, -0.25) is 19.7 Å². The van der Waals surface area contributed by atoms with Crippen molar-refractivity contribution in [1.29, 1.82) is 5.26 Å². The highest BCUT2D eigenvalue weighted by atomic mass is 16.6. The molecule has 0 aromatic heterocycles. The summed E-state index contributed by atoms with van der Waals surface area (Å²) in [6, 6.07) is 7.18. The smallest absolute Gasteiger partial charge is 0.292 e. The maximum absolute atomic E-state index is 12.1. The minimum absolute atomic E-state index is 0.0446. The number of benzene rings is 1. The minimum Gasteiger partial charge on any atom is -0.329 e. The number of nitro groups is 1. The molecule has 9 heteroatoms. The molecule has 120 valence electrons. The normalized spacial score (nSPS) is 10.6. The largest absolute Gasteiger partial charge is 0.329 e. The molecule has 0 aliphatic rings. The van der Waals surface area contributed by atoms with Gasteiger partial charge in [-0.05, 0) is 6.07 Å². The fourth-order valence-electron chi connectivity index (χ4n) is 1.67. The van der Waals surface area contributed by atoms with Gasteiger partial charge in [0.2, 0.25) is 5.91 Å². The summed E-state index contributed by atoms with van der Waals surface area (Å²) >= 11 is 0. The predicted molar refractivity (Wildman–Crippen MR) is 81.9 cm³/mol. The number of nitriles is 1. The van der Waals surface area contributed by atoms with Crippen LogP contribution in [0.2, 0.25) is 0 Å². The first-order valence-corrected chi connectivity index (χ1v) is 6.54. The van der Waals surface area contributed by atoms with Crippen LogP contribution in [0.3, 0.4) is 0 Å². The second-order valence-electron chi connectivity index (χ2n) is 4.38. The van der Waals surface area contributed by atoms with Crippen LogP contribution >= 0.6 is 0 Å². The molecule has 0 spiro atoms. The van der Waals surface area contributed by atoms with Gasteiger partial charge >= 0.3 is 0 Å². The minimum atomic E-state index is -0.856. The van der Waals surface area contributed by atoms with Gasteiger partial charge in [0.05, 0.1) is 4.92 Å². The number of nitrogens with one attached hydrogen (secondary N) is 1. The van der Waals surface area contributed by atoms with Crippen molar-refractivity contribution >= 4 is 23.2 Å². The molecule has 1 aromatic rings. The van der Waals surface area contributed by atoms with E-state index in [1.807, 2.05) is 0 Å². The number of nitro benzene ring substituents is 1. The molecule has 2 amide bonds. The Morgan fingerprint density at radius 1 is 1.48 bits per heavy atom. The van der Waals surface area contributed by atoms with Gasteiger partial charge in [0, 0.05) is 32.3 Å². The average molecular weight is 317 g/mol. The van der Waals surface area contributed by atoms with Gasteiger partial charge < -0.3 is 16.0 Å².